The van der Waals surface area contributed by atoms with E-state index in [0.717, 1.165) is 29.3 Å². The van der Waals surface area contributed by atoms with Crippen LogP contribution in [-0.4, -0.2) is 22.0 Å². The number of rotatable bonds is 8. The summed E-state index contributed by atoms with van der Waals surface area (Å²) in [6.45, 7) is 1.67. The van der Waals surface area contributed by atoms with E-state index in [1.54, 1.807) is 24.3 Å². The number of aromatic nitrogens is 2. The fraction of sp³-hybridized carbons (Fsp3) is 0.167. The Labute approximate surface area is 173 Å². The van der Waals surface area contributed by atoms with Gasteiger partial charge in [-0.1, -0.05) is 36.4 Å². The molecule has 4 rings (SSSR count). The quantitative estimate of drug-likeness (QED) is 0.350. The van der Waals surface area contributed by atoms with Gasteiger partial charge < -0.3 is 13.9 Å². The molecular weight excluding hydrogens is 381 g/mol. The molecule has 4 aromatic rings. The Morgan fingerprint density at radius 2 is 1.57 bits per heavy atom. The minimum atomic E-state index is -0.287. The molecule has 1 heterocycles. The summed E-state index contributed by atoms with van der Waals surface area (Å²) < 4.78 is 22.6. The van der Waals surface area contributed by atoms with Crippen LogP contribution in [0.3, 0.4) is 0 Å². The zero-order valence-electron chi connectivity index (χ0n) is 16.4. The van der Waals surface area contributed by atoms with Gasteiger partial charge in [0.1, 0.15) is 17.9 Å². The van der Waals surface area contributed by atoms with Gasteiger partial charge in [0.15, 0.2) is 0 Å². The number of aldehydes is 1. The molecule has 0 bridgehead atoms. The number of ether oxygens (including phenoxy) is 1. The number of nitrogens with zero attached hydrogens (tertiary/aromatic N) is 2. The molecule has 0 aliphatic heterocycles. The van der Waals surface area contributed by atoms with Crippen molar-refractivity contribution in [2.75, 3.05) is 6.61 Å². The SMILES string of the molecule is N=c1n(CCCOc2ccc(F)cc2)c2ccccc2n1Cc1ccc(C=O)cc1. The maximum Gasteiger partial charge on any atom is 0.203 e. The number of hydrogen-bond donors (Lipinski definition) is 1. The van der Waals surface area contributed by atoms with Gasteiger partial charge in [0, 0.05) is 12.1 Å². The summed E-state index contributed by atoms with van der Waals surface area (Å²) in [5.41, 5.74) is 4.06. The largest absolute Gasteiger partial charge is 0.494 e. The number of aryl methyl sites for hydroxylation is 1. The lowest BCUT2D eigenvalue weighted by atomic mass is 10.1. The Bertz CT molecular complexity index is 1210. The van der Waals surface area contributed by atoms with Crippen LogP contribution in [0.2, 0.25) is 0 Å². The summed E-state index contributed by atoms with van der Waals surface area (Å²) in [5, 5.41) is 8.71. The zero-order chi connectivity index (χ0) is 20.9. The summed E-state index contributed by atoms with van der Waals surface area (Å²) in [7, 11) is 0. The molecule has 0 atom stereocenters. The van der Waals surface area contributed by atoms with Crippen LogP contribution in [0.15, 0.2) is 72.8 Å². The zero-order valence-corrected chi connectivity index (χ0v) is 16.4. The highest BCUT2D eigenvalue weighted by Crippen LogP contribution is 2.16. The first-order valence-corrected chi connectivity index (χ1v) is 9.81. The van der Waals surface area contributed by atoms with Gasteiger partial charge >= 0.3 is 0 Å². The highest BCUT2D eigenvalue weighted by Gasteiger charge is 2.11. The number of hydrogen-bond acceptors (Lipinski definition) is 3. The lowest BCUT2D eigenvalue weighted by Crippen LogP contribution is -2.25. The minimum Gasteiger partial charge on any atom is -0.494 e. The molecule has 30 heavy (non-hydrogen) atoms. The van der Waals surface area contributed by atoms with E-state index in [4.69, 9.17) is 10.1 Å². The van der Waals surface area contributed by atoms with E-state index in [1.165, 1.54) is 12.1 Å². The Kier molecular flexibility index (Phi) is 5.75. The standard InChI is InChI=1S/C24H22FN3O2/c25-20-10-12-21(13-11-20)30-15-3-14-27-22-4-1-2-5-23(22)28(24(27)26)16-18-6-8-19(17-29)9-7-18/h1-2,4-13,17,26H,3,14-16H2. The fourth-order valence-corrected chi connectivity index (χ4v) is 3.51. The van der Waals surface area contributed by atoms with E-state index >= 15 is 0 Å². The van der Waals surface area contributed by atoms with Crippen molar-refractivity contribution in [2.24, 2.45) is 0 Å². The Hall–Kier alpha value is -3.67. The number of halogens is 1. The summed E-state index contributed by atoms with van der Waals surface area (Å²) >= 11 is 0. The predicted octanol–water partition coefficient (Wildman–Crippen LogP) is 4.39. The molecule has 5 nitrogen and oxygen atoms in total. The predicted molar refractivity (Wildman–Crippen MR) is 113 cm³/mol. The van der Waals surface area contributed by atoms with Crippen LogP contribution in [-0.2, 0) is 13.1 Å². The summed E-state index contributed by atoms with van der Waals surface area (Å²) in [4.78, 5) is 10.9. The van der Waals surface area contributed by atoms with E-state index in [-0.39, 0.29) is 5.82 Å². The fourth-order valence-electron chi connectivity index (χ4n) is 3.51. The molecule has 0 fully saturated rings. The molecule has 152 valence electrons. The van der Waals surface area contributed by atoms with E-state index in [9.17, 15) is 9.18 Å². The number of imidazole rings is 1. The average molecular weight is 403 g/mol. The van der Waals surface area contributed by atoms with Crippen molar-refractivity contribution in [3.63, 3.8) is 0 Å². The maximum atomic E-state index is 13.0. The van der Waals surface area contributed by atoms with Crippen LogP contribution >= 0.6 is 0 Å². The van der Waals surface area contributed by atoms with Crippen molar-refractivity contribution in [1.82, 2.24) is 9.13 Å². The smallest absolute Gasteiger partial charge is 0.203 e. The maximum absolute atomic E-state index is 13.0. The van der Waals surface area contributed by atoms with Crippen LogP contribution in [0, 0.1) is 11.2 Å². The first kappa shape index (κ1) is 19.6. The molecule has 0 saturated carbocycles. The molecule has 1 aromatic heterocycles. The molecule has 0 radical (unpaired) electrons. The van der Waals surface area contributed by atoms with Crippen molar-refractivity contribution in [3.05, 3.63) is 95.4 Å². The molecular formula is C24H22FN3O2. The molecule has 3 aromatic carbocycles. The highest BCUT2D eigenvalue weighted by atomic mass is 19.1. The third-order valence-electron chi connectivity index (χ3n) is 5.04. The van der Waals surface area contributed by atoms with Gasteiger partial charge in [0.2, 0.25) is 5.62 Å². The summed E-state index contributed by atoms with van der Waals surface area (Å²) in [5.74, 6) is 0.346. The first-order valence-electron chi connectivity index (χ1n) is 9.81. The third-order valence-corrected chi connectivity index (χ3v) is 5.04. The lowest BCUT2D eigenvalue weighted by molar-refractivity contribution is 0.112. The number of para-hydroxylation sites is 2. The minimum absolute atomic E-state index is 0.287. The van der Waals surface area contributed by atoms with Gasteiger partial charge in [-0.2, -0.15) is 0 Å². The molecule has 0 amide bonds. The van der Waals surface area contributed by atoms with Gasteiger partial charge in [-0.15, -0.1) is 0 Å². The Morgan fingerprint density at radius 3 is 2.23 bits per heavy atom. The first-order chi connectivity index (χ1) is 14.7. The van der Waals surface area contributed by atoms with Gasteiger partial charge in [-0.25, -0.2) is 4.39 Å². The van der Waals surface area contributed by atoms with Gasteiger partial charge in [-0.3, -0.25) is 10.2 Å². The van der Waals surface area contributed by atoms with Crippen molar-refractivity contribution in [2.45, 2.75) is 19.5 Å². The van der Waals surface area contributed by atoms with E-state index < -0.39 is 0 Å². The van der Waals surface area contributed by atoms with Crippen LogP contribution in [0.25, 0.3) is 11.0 Å². The Balaban J connectivity index is 1.51. The number of carbonyl (C=O) groups excluding carboxylic acids is 1. The number of carbonyl (C=O) groups is 1. The van der Waals surface area contributed by atoms with Gasteiger partial charge in [0.25, 0.3) is 0 Å². The summed E-state index contributed by atoms with van der Waals surface area (Å²) in [6, 6.07) is 21.3. The van der Waals surface area contributed by atoms with E-state index in [2.05, 4.69) is 0 Å². The second kappa shape index (κ2) is 8.78. The van der Waals surface area contributed by atoms with E-state index in [0.29, 0.717) is 36.6 Å². The van der Waals surface area contributed by atoms with Gasteiger partial charge in [-0.05, 0) is 48.4 Å². The van der Waals surface area contributed by atoms with Crippen molar-refractivity contribution < 1.29 is 13.9 Å². The molecule has 0 saturated heterocycles. The monoisotopic (exact) mass is 403 g/mol. The molecule has 0 unspecified atom stereocenters. The van der Waals surface area contributed by atoms with Crippen LogP contribution in [0.1, 0.15) is 22.3 Å². The highest BCUT2D eigenvalue weighted by molar-refractivity contribution is 5.76. The van der Waals surface area contributed by atoms with Gasteiger partial charge in [0.05, 0.1) is 24.2 Å². The van der Waals surface area contributed by atoms with Crippen LogP contribution < -0.4 is 10.4 Å². The molecule has 0 aliphatic carbocycles. The second-order valence-electron chi connectivity index (χ2n) is 7.07. The number of fused-ring (bicyclic) bond motifs is 1. The van der Waals surface area contributed by atoms with E-state index in [1.807, 2.05) is 45.5 Å². The van der Waals surface area contributed by atoms with Crippen LogP contribution in [0.5, 0.6) is 5.75 Å². The molecule has 1 N–H and O–H groups in total. The topological polar surface area (TPSA) is 60.0 Å². The molecule has 0 spiro atoms. The van der Waals surface area contributed by atoms with Crippen molar-refractivity contribution in [1.29, 1.82) is 5.41 Å². The van der Waals surface area contributed by atoms with Crippen LogP contribution in [0.4, 0.5) is 4.39 Å². The average Bonchev–Trinajstić information content (AvgIpc) is 3.04. The second-order valence-corrected chi connectivity index (χ2v) is 7.07. The third kappa shape index (κ3) is 4.17. The number of benzene rings is 3. The molecule has 6 heteroatoms. The summed E-state index contributed by atoms with van der Waals surface area (Å²) in [6.07, 6.45) is 1.54. The van der Waals surface area contributed by atoms with Crippen molar-refractivity contribution >= 4 is 17.3 Å². The normalized spacial score (nSPS) is 11.0. The number of nitrogens with one attached hydrogen (secondary N) is 1. The lowest BCUT2D eigenvalue weighted by Gasteiger charge is -2.08. The molecule has 0 aliphatic rings. The Morgan fingerprint density at radius 1 is 0.900 bits per heavy atom. The van der Waals surface area contributed by atoms with Crippen molar-refractivity contribution in [3.8, 4) is 5.75 Å².